The first-order valence-corrected chi connectivity index (χ1v) is 4.52. The molecule has 0 aliphatic heterocycles. The Hall–Kier alpha value is -1.78. The Kier molecular flexibility index (Phi) is 1.99. The smallest absolute Gasteiger partial charge is 0.109 e. The summed E-state index contributed by atoms with van der Waals surface area (Å²) < 4.78 is 3.80. The highest BCUT2D eigenvalue weighted by Gasteiger charge is 2.11. The molecule has 2 aromatic heterocycles. The predicted molar refractivity (Wildman–Crippen MR) is 54.5 cm³/mol. The maximum atomic E-state index is 5.83. The summed E-state index contributed by atoms with van der Waals surface area (Å²) >= 11 is 0. The lowest BCUT2D eigenvalue weighted by atomic mass is 10.3. The van der Waals surface area contributed by atoms with Gasteiger partial charge < -0.3 is 10.3 Å². The molecule has 0 atom stereocenters. The number of nitrogens with two attached hydrogens (primary N) is 1. The highest BCUT2D eigenvalue weighted by molar-refractivity contribution is 5.69. The van der Waals surface area contributed by atoms with Crippen LogP contribution in [0.1, 0.15) is 6.92 Å². The lowest BCUT2D eigenvalue weighted by molar-refractivity contribution is 0.737. The summed E-state index contributed by atoms with van der Waals surface area (Å²) in [6.07, 6.45) is 5.25. The van der Waals surface area contributed by atoms with E-state index in [2.05, 4.69) is 17.0 Å². The van der Waals surface area contributed by atoms with Crippen LogP contribution in [0.2, 0.25) is 0 Å². The fraction of sp³-hybridized carbons (Fsp3) is 0.333. The van der Waals surface area contributed by atoms with Crippen molar-refractivity contribution in [1.82, 2.24) is 19.3 Å². The molecule has 14 heavy (non-hydrogen) atoms. The molecule has 5 heteroatoms. The van der Waals surface area contributed by atoms with Crippen molar-refractivity contribution in [3.8, 4) is 11.4 Å². The summed E-state index contributed by atoms with van der Waals surface area (Å²) in [7, 11) is 1.87. The molecule has 2 rings (SSSR count). The van der Waals surface area contributed by atoms with Gasteiger partial charge in [0.1, 0.15) is 5.69 Å². The Balaban J connectivity index is 2.59. The van der Waals surface area contributed by atoms with Crippen molar-refractivity contribution in [2.24, 2.45) is 7.05 Å². The molecular formula is C9H13N5. The maximum Gasteiger partial charge on any atom is 0.109 e. The zero-order valence-electron chi connectivity index (χ0n) is 8.31. The summed E-state index contributed by atoms with van der Waals surface area (Å²) in [5, 5.41) is 4.10. The van der Waals surface area contributed by atoms with E-state index in [0.717, 1.165) is 17.9 Å². The van der Waals surface area contributed by atoms with Gasteiger partial charge in [-0.15, -0.1) is 0 Å². The van der Waals surface area contributed by atoms with Crippen molar-refractivity contribution < 1.29 is 0 Å². The van der Waals surface area contributed by atoms with Crippen molar-refractivity contribution in [2.45, 2.75) is 13.5 Å². The van der Waals surface area contributed by atoms with Gasteiger partial charge in [-0.2, -0.15) is 5.10 Å². The van der Waals surface area contributed by atoms with Crippen molar-refractivity contribution in [2.75, 3.05) is 5.73 Å². The van der Waals surface area contributed by atoms with Crippen LogP contribution in [-0.4, -0.2) is 19.3 Å². The molecule has 0 saturated heterocycles. The van der Waals surface area contributed by atoms with E-state index in [1.807, 2.05) is 11.6 Å². The molecule has 2 aromatic rings. The average molecular weight is 191 g/mol. The third kappa shape index (κ3) is 1.17. The van der Waals surface area contributed by atoms with Gasteiger partial charge in [0, 0.05) is 13.6 Å². The van der Waals surface area contributed by atoms with Crippen LogP contribution in [0.3, 0.4) is 0 Å². The second kappa shape index (κ2) is 3.17. The van der Waals surface area contributed by atoms with Crippen LogP contribution in [0, 0.1) is 0 Å². The molecule has 2 heterocycles. The fourth-order valence-electron chi connectivity index (χ4n) is 1.54. The van der Waals surface area contributed by atoms with E-state index in [1.54, 1.807) is 23.4 Å². The van der Waals surface area contributed by atoms with Gasteiger partial charge in [-0.1, -0.05) is 0 Å². The van der Waals surface area contributed by atoms with E-state index in [4.69, 9.17) is 5.73 Å². The number of nitrogens with zero attached hydrogens (tertiary/aromatic N) is 4. The minimum absolute atomic E-state index is 0.683. The Bertz CT molecular complexity index is 420. The van der Waals surface area contributed by atoms with Crippen LogP contribution >= 0.6 is 0 Å². The van der Waals surface area contributed by atoms with Gasteiger partial charge >= 0.3 is 0 Å². The molecule has 0 unspecified atom stereocenters. The molecule has 0 amide bonds. The fourth-order valence-corrected chi connectivity index (χ4v) is 1.54. The third-order valence-corrected chi connectivity index (χ3v) is 2.26. The van der Waals surface area contributed by atoms with E-state index in [0.29, 0.717) is 5.69 Å². The van der Waals surface area contributed by atoms with Crippen molar-refractivity contribution >= 4 is 5.69 Å². The normalized spacial score (nSPS) is 10.7. The molecular weight excluding hydrogens is 178 g/mol. The summed E-state index contributed by atoms with van der Waals surface area (Å²) in [6, 6.07) is 0. The third-order valence-electron chi connectivity index (χ3n) is 2.26. The van der Waals surface area contributed by atoms with E-state index in [-0.39, 0.29) is 0 Å². The van der Waals surface area contributed by atoms with Gasteiger partial charge in [-0.25, -0.2) is 4.98 Å². The first kappa shape index (κ1) is 8.80. The largest absolute Gasteiger partial charge is 0.396 e. The highest BCUT2D eigenvalue weighted by atomic mass is 15.3. The monoisotopic (exact) mass is 191 g/mol. The minimum atomic E-state index is 0.683. The first-order chi connectivity index (χ1) is 6.74. The molecule has 0 aromatic carbocycles. The number of aryl methyl sites for hydroxylation is 2. The zero-order valence-corrected chi connectivity index (χ0v) is 8.31. The van der Waals surface area contributed by atoms with Crippen LogP contribution in [0.25, 0.3) is 11.4 Å². The van der Waals surface area contributed by atoms with Crippen LogP contribution in [0.15, 0.2) is 18.7 Å². The van der Waals surface area contributed by atoms with Crippen molar-refractivity contribution in [3.05, 3.63) is 18.7 Å². The van der Waals surface area contributed by atoms with Gasteiger partial charge in [-0.05, 0) is 6.92 Å². The maximum absolute atomic E-state index is 5.83. The Morgan fingerprint density at radius 1 is 1.43 bits per heavy atom. The molecule has 5 nitrogen and oxygen atoms in total. The SMILES string of the molecule is CCn1cncc1-c1c(N)cnn1C. The number of anilines is 1. The van der Waals surface area contributed by atoms with Gasteiger partial charge in [-0.3, -0.25) is 4.68 Å². The summed E-state index contributed by atoms with van der Waals surface area (Å²) in [5.74, 6) is 0. The summed E-state index contributed by atoms with van der Waals surface area (Å²) in [4.78, 5) is 4.10. The molecule has 0 radical (unpaired) electrons. The van der Waals surface area contributed by atoms with Gasteiger partial charge in [0.25, 0.3) is 0 Å². The topological polar surface area (TPSA) is 61.7 Å². The quantitative estimate of drug-likeness (QED) is 0.766. The lowest BCUT2D eigenvalue weighted by Gasteiger charge is -2.06. The van der Waals surface area contributed by atoms with E-state index >= 15 is 0 Å². The van der Waals surface area contributed by atoms with Crippen LogP contribution in [0.5, 0.6) is 0 Å². The molecule has 0 aliphatic carbocycles. The van der Waals surface area contributed by atoms with Crippen molar-refractivity contribution in [1.29, 1.82) is 0 Å². The zero-order chi connectivity index (χ0) is 10.1. The molecule has 2 N–H and O–H groups in total. The highest BCUT2D eigenvalue weighted by Crippen LogP contribution is 2.24. The van der Waals surface area contributed by atoms with Gasteiger partial charge in [0.2, 0.25) is 0 Å². The Morgan fingerprint density at radius 3 is 2.79 bits per heavy atom. The first-order valence-electron chi connectivity index (χ1n) is 4.52. The molecule has 0 fully saturated rings. The molecule has 0 bridgehead atoms. The molecule has 0 saturated carbocycles. The van der Waals surface area contributed by atoms with Crippen molar-refractivity contribution in [3.63, 3.8) is 0 Å². The van der Waals surface area contributed by atoms with E-state index < -0.39 is 0 Å². The second-order valence-corrected chi connectivity index (χ2v) is 3.14. The second-order valence-electron chi connectivity index (χ2n) is 3.14. The Labute approximate surface area is 82.2 Å². The van der Waals surface area contributed by atoms with Crippen LogP contribution < -0.4 is 5.73 Å². The van der Waals surface area contributed by atoms with Gasteiger partial charge in [0.05, 0.1) is 30.1 Å². The lowest BCUT2D eigenvalue weighted by Crippen LogP contribution is -2.01. The average Bonchev–Trinajstić information content (AvgIpc) is 2.73. The number of aromatic nitrogens is 4. The number of hydrogen-bond donors (Lipinski definition) is 1. The summed E-state index contributed by atoms with van der Waals surface area (Å²) in [5.41, 5.74) is 8.44. The van der Waals surface area contributed by atoms with Gasteiger partial charge in [0.15, 0.2) is 0 Å². The van der Waals surface area contributed by atoms with E-state index in [1.165, 1.54) is 0 Å². The Morgan fingerprint density at radius 2 is 2.21 bits per heavy atom. The minimum Gasteiger partial charge on any atom is -0.396 e. The van der Waals surface area contributed by atoms with Crippen LogP contribution in [-0.2, 0) is 13.6 Å². The number of imidazole rings is 1. The molecule has 74 valence electrons. The molecule has 0 spiro atoms. The number of rotatable bonds is 2. The summed E-state index contributed by atoms with van der Waals surface area (Å²) in [6.45, 7) is 2.94. The number of hydrogen-bond acceptors (Lipinski definition) is 3. The standard InChI is InChI=1S/C9H13N5/c1-3-14-6-11-5-8(14)9-7(10)4-12-13(9)2/h4-6H,3,10H2,1-2H3. The predicted octanol–water partition coefficient (Wildman–Crippen LogP) is 0.886. The van der Waals surface area contributed by atoms with E-state index in [9.17, 15) is 0 Å². The number of nitrogen functional groups attached to an aromatic ring is 1. The van der Waals surface area contributed by atoms with Crippen LogP contribution in [0.4, 0.5) is 5.69 Å². The molecule has 0 aliphatic rings.